The van der Waals surface area contributed by atoms with E-state index in [2.05, 4.69) is 36.9 Å². The molecule has 0 amide bonds. The van der Waals surface area contributed by atoms with Gasteiger partial charge in [0.2, 0.25) is 0 Å². The first-order valence-electron chi connectivity index (χ1n) is 6.44. The van der Waals surface area contributed by atoms with E-state index >= 15 is 0 Å². The van der Waals surface area contributed by atoms with Crippen LogP contribution < -0.4 is 0 Å². The molecule has 3 heteroatoms. The van der Waals surface area contributed by atoms with E-state index in [1.165, 1.54) is 16.7 Å². The highest BCUT2D eigenvalue weighted by Crippen LogP contribution is 2.21. The van der Waals surface area contributed by atoms with E-state index in [0.717, 1.165) is 13.0 Å². The van der Waals surface area contributed by atoms with Crippen LogP contribution in [0.5, 0.6) is 0 Å². The predicted octanol–water partition coefficient (Wildman–Crippen LogP) is 2.44. The molecule has 2 atom stereocenters. The smallest absolute Gasteiger partial charge is 0.323 e. The summed E-state index contributed by atoms with van der Waals surface area (Å²) in [4.78, 5) is 13.8. The fourth-order valence-electron chi connectivity index (χ4n) is 2.50. The molecule has 0 unspecified atom stereocenters. The molecule has 2 rings (SSSR count). The molecule has 0 radical (unpaired) electrons. The summed E-state index contributed by atoms with van der Waals surface area (Å²) in [5.74, 6) is -0.0882. The molecule has 98 valence electrons. The molecular formula is C15H21NO2. The second-order valence-electron chi connectivity index (χ2n) is 5.34. The molecular weight excluding hydrogens is 226 g/mol. The van der Waals surface area contributed by atoms with Gasteiger partial charge in [0, 0.05) is 13.0 Å². The number of hydrogen-bond acceptors (Lipinski definition) is 3. The second kappa shape index (κ2) is 5.11. The van der Waals surface area contributed by atoms with Gasteiger partial charge in [0.05, 0.1) is 0 Å². The van der Waals surface area contributed by atoms with Crippen LogP contribution in [0.4, 0.5) is 0 Å². The molecule has 0 N–H and O–H groups in total. The molecule has 1 fully saturated rings. The van der Waals surface area contributed by atoms with E-state index in [1.807, 2.05) is 14.0 Å². The molecule has 0 aliphatic carbocycles. The third-order valence-electron chi connectivity index (χ3n) is 3.59. The van der Waals surface area contributed by atoms with E-state index in [9.17, 15) is 4.79 Å². The monoisotopic (exact) mass is 247 g/mol. The topological polar surface area (TPSA) is 29.5 Å². The fraction of sp³-hybridized carbons (Fsp3) is 0.533. The van der Waals surface area contributed by atoms with Crippen molar-refractivity contribution < 1.29 is 9.53 Å². The Balaban J connectivity index is 2.07. The van der Waals surface area contributed by atoms with E-state index in [-0.39, 0.29) is 18.1 Å². The quantitative estimate of drug-likeness (QED) is 0.768. The van der Waals surface area contributed by atoms with Crippen molar-refractivity contribution >= 4 is 5.97 Å². The third kappa shape index (κ3) is 2.72. The molecule has 3 nitrogen and oxygen atoms in total. The van der Waals surface area contributed by atoms with Crippen LogP contribution in [0.1, 0.15) is 30.0 Å². The van der Waals surface area contributed by atoms with Crippen LogP contribution in [-0.2, 0) is 16.1 Å². The Hall–Kier alpha value is -1.35. The first-order valence-corrected chi connectivity index (χ1v) is 6.44. The van der Waals surface area contributed by atoms with Gasteiger partial charge in [0.25, 0.3) is 0 Å². The van der Waals surface area contributed by atoms with Gasteiger partial charge >= 0.3 is 5.97 Å². The average Bonchev–Trinajstić information content (AvgIpc) is 2.62. The Morgan fingerprint density at radius 2 is 2.11 bits per heavy atom. The first-order chi connectivity index (χ1) is 8.47. The van der Waals surface area contributed by atoms with Crippen LogP contribution >= 0.6 is 0 Å². The highest BCUT2D eigenvalue weighted by molar-refractivity contribution is 5.77. The molecule has 0 saturated carbocycles. The van der Waals surface area contributed by atoms with Gasteiger partial charge in [-0.15, -0.1) is 0 Å². The molecule has 0 bridgehead atoms. The second-order valence-corrected chi connectivity index (χ2v) is 5.34. The summed E-state index contributed by atoms with van der Waals surface area (Å²) in [7, 11) is 1.99. The van der Waals surface area contributed by atoms with Crippen LogP contribution in [0.2, 0.25) is 0 Å². The number of cyclic esters (lactones) is 1. The Bertz CT molecular complexity index is 456. The van der Waals surface area contributed by atoms with Gasteiger partial charge in [0.15, 0.2) is 0 Å². The summed E-state index contributed by atoms with van der Waals surface area (Å²) < 4.78 is 5.20. The minimum atomic E-state index is -0.0966. The lowest BCUT2D eigenvalue weighted by molar-refractivity contribution is -0.144. The molecule has 1 saturated heterocycles. The number of hydrogen-bond donors (Lipinski definition) is 0. The molecule has 0 aromatic heterocycles. The molecule has 1 aliphatic rings. The maximum Gasteiger partial charge on any atom is 0.323 e. The first kappa shape index (κ1) is 13.1. The van der Waals surface area contributed by atoms with Crippen molar-refractivity contribution in [2.75, 3.05) is 7.05 Å². The minimum absolute atomic E-state index is 0.0454. The van der Waals surface area contributed by atoms with Crippen LogP contribution in [0, 0.1) is 13.8 Å². The lowest BCUT2D eigenvalue weighted by atomic mass is 10.0. The predicted molar refractivity (Wildman–Crippen MR) is 71.3 cm³/mol. The van der Waals surface area contributed by atoms with Gasteiger partial charge < -0.3 is 4.74 Å². The summed E-state index contributed by atoms with van der Waals surface area (Å²) in [6, 6.07) is 6.34. The SMILES string of the molecule is Cc1ccc(CN(C)[C@@H]2C[C@@H](C)OC2=O)c(C)c1. The molecule has 18 heavy (non-hydrogen) atoms. The molecule has 1 heterocycles. The zero-order valence-corrected chi connectivity index (χ0v) is 11.6. The van der Waals surface area contributed by atoms with E-state index in [0.29, 0.717) is 0 Å². The van der Waals surface area contributed by atoms with Crippen LogP contribution in [0.25, 0.3) is 0 Å². The van der Waals surface area contributed by atoms with Crippen molar-refractivity contribution in [3.05, 3.63) is 34.9 Å². The summed E-state index contributed by atoms with van der Waals surface area (Å²) in [5.41, 5.74) is 3.82. The van der Waals surface area contributed by atoms with Crippen molar-refractivity contribution in [2.45, 2.75) is 45.9 Å². The number of carbonyl (C=O) groups excluding carboxylic acids is 1. The Morgan fingerprint density at radius 1 is 1.39 bits per heavy atom. The minimum Gasteiger partial charge on any atom is -0.461 e. The van der Waals surface area contributed by atoms with Gasteiger partial charge in [0.1, 0.15) is 12.1 Å². The number of ether oxygens (including phenoxy) is 1. The van der Waals surface area contributed by atoms with Crippen molar-refractivity contribution in [3.63, 3.8) is 0 Å². The van der Waals surface area contributed by atoms with E-state index in [1.54, 1.807) is 0 Å². The van der Waals surface area contributed by atoms with Crippen molar-refractivity contribution in [1.82, 2.24) is 4.90 Å². The highest BCUT2D eigenvalue weighted by Gasteiger charge is 2.34. The van der Waals surface area contributed by atoms with Crippen LogP contribution in [0.3, 0.4) is 0 Å². The normalized spacial score (nSPS) is 23.5. The Kier molecular flexibility index (Phi) is 3.71. The zero-order chi connectivity index (χ0) is 13.3. The van der Waals surface area contributed by atoms with Gasteiger partial charge in [-0.25, -0.2) is 0 Å². The number of aryl methyl sites for hydroxylation is 2. The number of carbonyl (C=O) groups is 1. The number of rotatable bonds is 3. The number of likely N-dealkylation sites (N-methyl/N-ethyl adjacent to an activating group) is 1. The number of nitrogens with zero attached hydrogens (tertiary/aromatic N) is 1. The lowest BCUT2D eigenvalue weighted by Crippen LogP contribution is -2.35. The van der Waals surface area contributed by atoms with Crippen molar-refractivity contribution in [2.24, 2.45) is 0 Å². The summed E-state index contributed by atoms with van der Waals surface area (Å²) in [6.45, 7) is 6.95. The summed E-state index contributed by atoms with van der Waals surface area (Å²) in [5, 5.41) is 0. The third-order valence-corrected chi connectivity index (χ3v) is 3.59. The van der Waals surface area contributed by atoms with Crippen LogP contribution in [-0.4, -0.2) is 30.1 Å². The summed E-state index contributed by atoms with van der Waals surface area (Å²) in [6.07, 6.45) is 0.837. The molecule has 1 aromatic rings. The van der Waals surface area contributed by atoms with Gasteiger partial charge in [-0.05, 0) is 38.9 Å². The number of benzene rings is 1. The highest BCUT2D eigenvalue weighted by atomic mass is 16.6. The number of esters is 1. The van der Waals surface area contributed by atoms with Gasteiger partial charge in [-0.1, -0.05) is 23.8 Å². The molecule has 1 aliphatic heterocycles. The largest absolute Gasteiger partial charge is 0.461 e. The fourth-order valence-corrected chi connectivity index (χ4v) is 2.50. The van der Waals surface area contributed by atoms with Crippen molar-refractivity contribution in [1.29, 1.82) is 0 Å². The standard InChI is InChI=1S/C15H21NO2/c1-10-5-6-13(11(2)7-10)9-16(4)14-8-12(3)18-15(14)17/h5-7,12,14H,8-9H2,1-4H3/t12-,14-/m1/s1. The van der Waals surface area contributed by atoms with Gasteiger partial charge in [-0.3, -0.25) is 9.69 Å². The van der Waals surface area contributed by atoms with E-state index in [4.69, 9.17) is 4.74 Å². The maximum absolute atomic E-state index is 11.7. The maximum atomic E-state index is 11.7. The van der Waals surface area contributed by atoms with Crippen molar-refractivity contribution in [3.8, 4) is 0 Å². The Morgan fingerprint density at radius 3 is 2.67 bits per heavy atom. The van der Waals surface area contributed by atoms with Gasteiger partial charge in [-0.2, -0.15) is 0 Å². The Labute approximate surface area is 109 Å². The lowest BCUT2D eigenvalue weighted by Gasteiger charge is -2.22. The van der Waals surface area contributed by atoms with E-state index < -0.39 is 0 Å². The summed E-state index contributed by atoms with van der Waals surface area (Å²) >= 11 is 0. The molecule has 1 aromatic carbocycles. The zero-order valence-electron chi connectivity index (χ0n) is 11.6. The van der Waals surface area contributed by atoms with Crippen LogP contribution in [0.15, 0.2) is 18.2 Å². The average molecular weight is 247 g/mol. The molecule has 0 spiro atoms.